The predicted molar refractivity (Wildman–Crippen MR) is 74.1 cm³/mol. The minimum atomic E-state index is 0. The molecule has 0 aromatic heterocycles. The fourth-order valence-electron chi connectivity index (χ4n) is 2.61. The van der Waals surface area contributed by atoms with Crippen molar-refractivity contribution in [3.05, 3.63) is 0 Å². The molecule has 2 saturated heterocycles. The van der Waals surface area contributed by atoms with Crippen LogP contribution in [0.3, 0.4) is 0 Å². The van der Waals surface area contributed by atoms with Gasteiger partial charge in [0.2, 0.25) is 5.91 Å². The number of nitrogens with one attached hydrogen (secondary N) is 2. The average Bonchev–Trinajstić information content (AvgIpc) is 2.88. The van der Waals surface area contributed by atoms with Crippen LogP contribution in [0.2, 0.25) is 0 Å². The number of hydrogen-bond donors (Lipinski definition) is 2. The first kappa shape index (κ1) is 15.7. The van der Waals surface area contributed by atoms with E-state index in [0.717, 1.165) is 45.6 Å². The zero-order chi connectivity index (χ0) is 11.9. The molecule has 0 aromatic carbocycles. The Labute approximate surface area is 116 Å². The summed E-state index contributed by atoms with van der Waals surface area (Å²) < 4.78 is 5.30. The Kier molecular flexibility index (Phi) is 7.63. The second-order valence-electron chi connectivity index (χ2n) is 5.19. The van der Waals surface area contributed by atoms with Gasteiger partial charge in [0.05, 0.1) is 0 Å². The molecule has 0 bridgehead atoms. The molecule has 2 rings (SSSR count). The van der Waals surface area contributed by atoms with Gasteiger partial charge in [-0.25, -0.2) is 0 Å². The van der Waals surface area contributed by atoms with Crippen molar-refractivity contribution < 1.29 is 9.53 Å². The van der Waals surface area contributed by atoms with Crippen LogP contribution in [0.4, 0.5) is 0 Å². The van der Waals surface area contributed by atoms with Crippen molar-refractivity contribution in [3.8, 4) is 0 Å². The maximum atomic E-state index is 11.7. The highest BCUT2D eigenvalue weighted by molar-refractivity contribution is 5.85. The van der Waals surface area contributed by atoms with Crippen LogP contribution in [-0.2, 0) is 9.53 Å². The molecule has 1 atom stereocenters. The number of rotatable bonds is 5. The summed E-state index contributed by atoms with van der Waals surface area (Å²) in [7, 11) is 0. The summed E-state index contributed by atoms with van der Waals surface area (Å²) in [5.74, 6) is 0.836. The normalized spacial score (nSPS) is 24.6. The second kappa shape index (κ2) is 8.73. The molecule has 2 fully saturated rings. The number of carbonyl (C=O) groups excluding carboxylic acids is 1. The van der Waals surface area contributed by atoms with Crippen molar-refractivity contribution in [3.63, 3.8) is 0 Å². The van der Waals surface area contributed by atoms with Gasteiger partial charge in [0.25, 0.3) is 0 Å². The first-order valence-electron chi connectivity index (χ1n) is 6.92. The summed E-state index contributed by atoms with van der Waals surface area (Å²) in [5, 5.41) is 6.47. The first-order valence-corrected chi connectivity index (χ1v) is 6.92. The van der Waals surface area contributed by atoms with E-state index in [4.69, 9.17) is 4.74 Å². The Morgan fingerprint density at radius 3 is 2.72 bits per heavy atom. The fraction of sp³-hybridized carbons (Fsp3) is 0.923. The van der Waals surface area contributed by atoms with Crippen LogP contribution in [0, 0.1) is 5.92 Å². The summed E-state index contributed by atoms with van der Waals surface area (Å²) in [5.41, 5.74) is 0. The summed E-state index contributed by atoms with van der Waals surface area (Å²) in [6.45, 7) is 3.66. The zero-order valence-corrected chi connectivity index (χ0v) is 11.8. The Hall–Kier alpha value is -0.320. The SMILES string of the molecule is Cl.O=C(CCC1CCCN1)NCC1CCOCC1. The van der Waals surface area contributed by atoms with E-state index in [1.165, 1.54) is 12.8 Å². The van der Waals surface area contributed by atoms with Gasteiger partial charge in [0.15, 0.2) is 0 Å². The fourth-order valence-corrected chi connectivity index (χ4v) is 2.61. The van der Waals surface area contributed by atoms with E-state index in [9.17, 15) is 4.79 Å². The molecule has 1 unspecified atom stereocenters. The molecule has 2 N–H and O–H groups in total. The molecule has 0 aromatic rings. The van der Waals surface area contributed by atoms with Gasteiger partial charge in [-0.2, -0.15) is 0 Å². The van der Waals surface area contributed by atoms with Crippen molar-refractivity contribution in [2.45, 2.75) is 44.6 Å². The van der Waals surface area contributed by atoms with Gasteiger partial charge in [-0.3, -0.25) is 4.79 Å². The summed E-state index contributed by atoms with van der Waals surface area (Å²) in [6, 6.07) is 0.573. The summed E-state index contributed by atoms with van der Waals surface area (Å²) in [4.78, 5) is 11.7. The molecule has 1 amide bonds. The van der Waals surface area contributed by atoms with E-state index in [0.29, 0.717) is 18.4 Å². The van der Waals surface area contributed by atoms with Gasteiger partial charge < -0.3 is 15.4 Å². The third-order valence-corrected chi connectivity index (χ3v) is 3.81. The highest BCUT2D eigenvalue weighted by atomic mass is 35.5. The summed E-state index contributed by atoms with van der Waals surface area (Å²) in [6.07, 6.45) is 6.32. The van der Waals surface area contributed by atoms with E-state index >= 15 is 0 Å². The van der Waals surface area contributed by atoms with E-state index in [1.54, 1.807) is 0 Å². The maximum Gasteiger partial charge on any atom is 0.220 e. The Bertz CT molecular complexity index is 239. The number of ether oxygens (including phenoxy) is 1. The highest BCUT2D eigenvalue weighted by Crippen LogP contribution is 2.14. The Morgan fingerprint density at radius 2 is 2.06 bits per heavy atom. The molecule has 106 valence electrons. The highest BCUT2D eigenvalue weighted by Gasteiger charge is 2.17. The van der Waals surface area contributed by atoms with Gasteiger partial charge in [-0.1, -0.05) is 0 Å². The van der Waals surface area contributed by atoms with Crippen LogP contribution in [0.15, 0.2) is 0 Å². The minimum Gasteiger partial charge on any atom is -0.381 e. The lowest BCUT2D eigenvalue weighted by Crippen LogP contribution is -2.33. The molecule has 2 aliphatic heterocycles. The molecule has 2 heterocycles. The Balaban J connectivity index is 0.00000162. The zero-order valence-electron chi connectivity index (χ0n) is 11.0. The topological polar surface area (TPSA) is 50.4 Å². The summed E-state index contributed by atoms with van der Waals surface area (Å²) >= 11 is 0. The van der Waals surface area contributed by atoms with Crippen LogP contribution in [-0.4, -0.2) is 38.3 Å². The largest absolute Gasteiger partial charge is 0.381 e. The van der Waals surface area contributed by atoms with Gasteiger partial charge >= 0.3 is 0 Å². The molecule has 2 aliphatic rings. The number of carbonyl (C=O) groups is 1. The number of amides is 1. The van der Waals surface area contributed by atoms with E-state index in [-0.39, 0.29) is 18.3 Å². The molecular weight excluding hydrogens is 252 g/mol. The van der Waals surface area contributed by atoms with E-state index < -0.39 is 0 Å². The molecule has 0 radical (unpaired) electrons. The van der Waals surface area contributed by atoms with E-state index in [2.05, 4.69) is 10.6 Å². The monoisotopic (exact) mass is 276 g/mol. The second-order valence-corrected chi connectivity index (χ2v) is 5.19. The maximum absolute atomic E-state index is 11.7. The van der Waals surface area contributed by atoms with Gasteiger partial charge in [0.1, 0.15) is 0 Å². The van der Waals surface area contributed by atoms with Crippen molar-refractivity contribution in [1.82, 2.24) is 10.6 Å². The van der Waals surface area contributed by atoms with Crippen molar-refractivity contribution >= 4 is 18.3 Å². The van der Waals surface area contributed by atoms with E-state index in [1.807, 2.05) is 0 Å². The lowest BCUT2D eigenvalue weighted by atomic mass is 10.0. The van der Waals surface area contributed by atoms with Crippen LogP contribution in [0.5, 0.6) is 0 Å². The quantitative estimate of drug-likeness (QED) is 0.800. The number of halogens is 1. The van der Waals surface area contributed by atoms with Gasteiger partial charge in [-0.05, 0) is 44.6 Å². The van der Waals surface area contributed by atoms with Gasteiger partial charge in [-0.15, -0.1) is 12.4 Å². The molecule has 4 nitrogen and oxygen atoms in total. The molecule has 0 spiro atoms. The first-order chi connectivity index (χ1) is 8.34. The molecule has 0 saturated carbocycles. The average molecular weight is 277 g/mol. The third-order valence-electron chi connectivity index (χ3n) is 3.81. The minimum absolute atomic E-state index is 0. The predicted octanol–water partition coefficient (Wildman–Crippen LogP) is 1.48. The smallest absolute Gasteiger partial charge is 0.220 e. The molecular formula is C13H25ClN2O2. The molecule has 5 heteroatoms. The van der Waals surface area contributed by atoms with Crippen LogP contribution in [0.25, 0.3) is 0 Å². The van der Waals surface area contributed by atoms with Crippen LogP contribution >= 0.6 is 12.4 Å². The molecule has 0 aliphatic carbocycles. The van der Waals surface area contributed by atoms with Gasteiger partial charge in [0, 0.05) is 32.2 Å². The van der Waals surface area contributed by atoms with Crippen molar-refractivity contribution in [1.29, 1.82) is 0 Å². The third kappa shape index (κ3) is 5.55. The standard InChI is InChI=1S/C13H24N2O2.ClH/c16-13(4-3-12-2-1-7-14-12)15-10-11-5-8-17-9-6-11;/h11-12,14H,1-10H2,(H,15,16);1H. The van der Waals surface area contributed by atoms with Crippen molar-refractivity contribution in [2.24, 2.45) is 5.92 Å². The van der Waals surface area contributed by atoms with Crippen LogP contribution in [0.1, 0.15) is 38.5 Å². The lowest BCUT2D eigenvalue weighted by molar-refractivity contribution is -0.121. The Morgan fingerprint density at radius 1 is 1.28 bits per heavy atom. The van der Waals surface area contributed by atoms with Crippen molar-refractivity contribution in [2.75, 3.05) is 26.3 Å². The lowest BCUT2D eigenvalue weighted by Gasteiger charge is -2.22. The number of hydrogen-bond acceptors (Lipinski definition) is 3. The molecule has 18 heavy (non-hydrogen) atoms. The van der Waals surface area contributed by atoms with Crippen LogP contribution < -0.4 is 10.6 Å².